The molecule has 2 amide bonds. The number of nitrogens with zero attached hydrogens (tertiary/aromatic N) is 2. The molecule has 0 fully saturated rings. The Morgan fingerprint density at radius 2 is 2.00 bits per heavy atom. The molecule has 0 aliphatic heterocycles. The number of carbonyl (C=O) groups excluding carboxylic acids is 1. The predicted molar refractivity (Wildman–Crippen MR) is 108 cm³/mol. The summed E-state index contributed by atoms with van der Waals surface area (Å²) in [4.78, 5) is 17.7. The van der Waals surface area contributed by atoms with Crippen LogP contribution in [0.25, 0.3) is 16.2 Å². The molecule has 0 atom stereocenters. The molecule has 2 aromatic heterocycles. The number of benzene rings is 2. The first-order valence-corrected chi connectivity index (χ1v) is 9.28. The number of halogens is 2. The maximum absolute atomic E-state index is 12.2. The molecule has 2 N–H and O–H groups in total. The van der Waals surface area contributed by atoms with Crippen LogP contribution in [-0.4, -0.2) is 15.4 Å². The number of urea groups is 1. The fourth-order valence-corrected chi connectivity index (χ4v) is 3.65. The van der Waals surface area contributed by atoms with Gasteiger partial charge < -0.3 is 10.6 Å². The van der Waals surface area contributed by atoms with Gasteiger partial charge in [0.2, 0.25) is 0 Å². The highest BCUT2D eigenvalue weighted by Crippen LogP contribution is 2.26. The van der Waals surface area contributed by atoms with Gasteiger partial charge in [-0.3, -0.25) is 4.40 Å². The number of hydrogen-bond donors (Lipinski definition) is 2. The van der Waals surface area contributed by atoms with E-state index in [4.69, 9.17) is 23.2 Å². The molecular formula is C18H12Cl2N4OS. The first-order chi connectivity index (χ1) is 12.6. The molecule has 5 nitrogen and oxygen atoms in total. The van der Waals surface area contributed by atoms with Crippen LogP contribution in [0.1, 0.15) is 0 Å². The molecule has 8 heteroatoms. The lowest BCUT2D eigenvalue weighted by atomic mass is 10.1. The fraction of sp³-hybridized carbons (Fsp3) is 0. The Morgan fingerprint density at radius 3 is 2.81 bits per heavy atom. The Labute approximate surface area is 163 Å². The van der Waals surface area contributed by atoms with Crippen LogP contribution in [0.3, 0.4) is 0 Å². The maximum atomic E-state index is 12.2. The van der Waals surface area contributed by atoms with E-state index in [1.165, 1.54) is 0 Å². The number of amides is 2. The topological polar surface area (TPSA) is 58.4 Å². The van der Waals surface area contributed by atoms with Gasteiger partial charge in [-0.1, -0.05) is 35.3 Å². The first-order valence-electron chi connectivity index (χ1n) is 7.64. The SMILES string of the molecule is O=C(Nc1cccc(-c2cn3ccsc3n2)c1)Nc1ccc(Cl)cc1Cl. The first kappa shape index (κ1) is 16.9. The molecule has 2 aromatic carbocycles. The van der Waals surface area contributed by atoms with Crippen molar-refractivity contribution in [3.63, 3.8) is 0 Å². The zero-order chi connectivity index (χ0) is 18.1. The minimum atomic E-state index is -0.391. The van der Waals surface area contributed by atoms with Gasteiger partial charge in [0.25, 0.3) is 0 Å². The number of carbonyl (C=O) groups is 1. The van der Waals surface area contributed by atoms with Crippen LogP contribution in [0.5, 0.6) is 0 Å². The molecule has 0 aliphatic carbocycles. The molecule has 0 spiro atoms. The van der Waals surface area contributed by atoms with Crippen LogP contribution in [0.2, 0.25) is 10.0 Å². The summed E-state index contributed by atoms with van der Waals surface area (Å²) in [5.41, 5.74) is 2.91. The summed E-state index contributed by atoms with van der Waals surface area (Å²) in [6.45, 7) is 0. The van der Waals surface area contributed by atoms with Crippen molar-refractivity contribution in [3.05, 3.63) is 70.3 Å². The van der Waals surface area contributed by atoms with E-state index in [1.54, 1.807) is 29.5 Å². The van der Waals surface area contributed by atoms with Crippen LogP contribution in [0.15, 0.2) is 60.2 Å². The van der Waals surface area contributed by atoms with Crippen molar-refractivity contribution in [1.82, 2.24) is 9.38 Å². The summed E-state index contributed by atoms with van der Waals surface area (Å²) in [6, 6.07) is 12.0. The average molecular weight is 403 g/mol. The number of imidazole rings is 1. The maximum Gasteiger partial charge on any atom is 0.323 e. The summed E-state index contributed by atoms with van der Waals surface area (Å²) < 4.78 is 1.97. The molecule has 130 valence electrons. The highest BCUT2D eigenvalue weighted by atomic mass is 35.5. The van der Waals surface area contributed by atoms with Crippen molar-refractivity contribution in [3.8, 4) is 11.3 Å². The molecule has 0 bridgehead atoms. The molecule has 4 rings (SSSR count). The van der Waals surface area contributed by atoms with Crippen molar-refractivity contribution >= 4 is 56.9 Å². The third-order valence-corrected chi connectivity index (χ3v) is 5.01. The third-order valence-electron chi connectivity index (χ3n) is 3.69. The zero-order valence-electron chi connectivity index (χ0n) is 13.2. The Kier molecular flexibility index (Phi) is 4.55. The Balaban J connectivity index is 1.51. The van der Waals surface area contributed by atoms with E-state index in [0.29, 0.717) is 21.4 Å². The van der Waals surface area contributed by atoms with Gasteiger partial charge in [-0.05, 0) is 30.3 Å². The van der Waals surface area contributed by atoms with E-state index in [2.05, 4.69) is 15.6 Å². The minimum Gasteiger partial charge on any atom is -0.308 e. The molecule has 0 aliphatic rings. The van der Waals surface area contributed by atoms with Crippen LogP contribution < -0.4 is 10.6 Å². The molecule has 0 saturated carbocycles. The van der Waals surface area contributed by atoms with Gasteiger partial charge in [0.1, 0.15) is 0 Å². The van der Waals surface area contributed by atoms with Crippen LogP contribution in [0, 0.1) is 0 Å². The van der Waals surface area contributed by atoms with E-state index in [0.717, 1.165) is 16.2 Å². The lowest BCUT2D eigenvalue weighted by Crippen LogP contribution is -2.19. The van der Waals surface area contributed by atoms with Crippen molar-refractivity contribution in [2.45, 2.75) is 0 Å². The highest BCUT2D eigenvalue weighted by molar-refractivity contribution is 7.15. The van der Waals surface area contributed by atoms with Gasteiger partial charge in [0.15, 0.2) is 4.96 Å². The number of fused-ring (bicyclic) bond motifs is 1. The quantitative estimate of drug-likeness (QED) is 0.440. The van der Waals surface area contributed by atoms with Crippen molar-refractivity contribution in [1.29, 1.82) is 0 Å². The molecule has 0 unspecified atom stereocenters. The number of nitrogens with one attached hydrogen (secondary N) is 2. The van der Waals surface area contributed by atoms with Crippen molar-refractivity contribution in [2.24, 2.45) is 0 Å². The lowest BCUT2D eigenvalue weighted by Gasteiger charge is -2.10. The lowest BCUT2D eigenvalue weighted by molar-refractivity contribution is 0.262. The molecule has 26 heavy (non-hydrogen) atoms. The van der Waals surface area contributed by atoms with E-state index in [9.17, 15) is 4.79 Å². The van der Waals surface area contributed by atoms with Crippen molar-refractivity contribution < 1.29 is 4.79 Å². The number of thiazole rings is 1. The second-order valence-electron chi connectivity index (χ2n) is 5.50. The normalized spacial score (nSPS) is 10.8. The molecular weight excluding hydrogens is 391 g/mol. The minimum absolute atomic E-state index is 0.375. The van der Waals surface area contributed by atoms with Gasteiger partial charge in [-0.15, -0.1) is 11.3 Å². The Morgan fingerprint density at radius 1 is 1.12 bits per heavy atom. The second kappa shape index (κ2) is 6.99. The molecule has 0 saturated heterocycles. The molecule has 4 aromatic rings. The Bertz CT molecular complexity index is 1080. The van der Waals surface area contributed by atoms with Crippen LogP contribution >= 0.6 is 34.5 Å². The third kappa shape index (κ3) is 3.53. The van der Waals surface area contributed by atoms with E-state index >= 15 is 0 Å². The van der Waals surface area contributed by atoms with Gasteiger partial charge >= 0.3 is 6.03 Å². The van der Waals surface area contributed by atoms with Gasteiger partial charge in [-0.2, -0.15) is 0 Å². The molecule has 0 radical (unpaired) electrons. The Hall–Kier alpha value is -2.54. The fourth-order valence-electron chi connectivity index (χ4n) is 2.50. The summed E-state index contributed by atoms with van der Waals surface area (Å²) in [6.07, 6.45) is 3.92. The number of hydrogen-bond acceptors (Lipinski definition) is 3. The smallest absolute Gasteiger partial charge is 0.308 e. The predicted octanol–water partition coefficient (Wildman–Crippen LogP) is 6.01. The molecule has 2 heterocycles. The van der Waals surface area contributed by atoms with Gasteiger partial charge in [0.05, 0.1) is 16.4 Å². The van der Waals surface area contributed by atoms with Crippen molar-refractivity contribution in [2.75, 3.05) is 10.6 Å². The number of anilines is 2. The van der Waals surface area contributed by atoms with Gasteiger partial charge in [0, 0.05) is 34.0 Å². The summed E-state index contributed by atoms with van der Waals surface area (Å²) >= 11 is 13.5. The van der Waals surface area contributed by atoms with Crippen LogP contribution in [0.4, 0.5) is 16.2 Å². The van der Waals surface area contributed by atoms with E-state index < -0.39 is 6.03 Å². The number of aromatic nitrogens is 2. The highest BCUT2D eigenvalue weighted by Gasteiger charge is 2.09. The monoisotopic (exact) mass is 402 g/mol. The summed E-state index contributed by atoms with van der Waals surface area (Å²) in [7, 11) is 0. The van der Waals surface area contributed by atoms with E-state index in [-0.39, 0.29) is 0 Å². The summed E-state index contributed by atoms with van der Waals surface area (Å²) in [5, 5.41) is 8.37. The zero-order valence-corrected chi connectivity index (χ0v) is 15.6. The summed E-state index contributed by atoms with van der Waals surface area (Å²) in [5.74, 6) is 0. The largest absolute Gasteiger partial charge is 0.323 e. The standard InChI is InChI=1S/C18H12Cl2N4OS/c19-12-4-5-15(14(20)9-12)22-17(25)21-13-3-1-2-11(8-13)16-10-24-6-7-26-18(24)23-16/h1-10H,(H2,21,22,25). The average Bonchev–Trinajstić information content (AvgIpc) is 3.19. The van der Waals surface area contributed by atoms with E-state index in [1.807, 2.05) is 46.4 Å². The second-order valence-corrected chi connectivity index (χ2v) is 7.22. The van der Waals surface area contributed by atoms with Gasteiger partial charge in [-0.25, -0.2) is 9.78 Å². The van der Waals surface area contributed by atoms with Crippen LogP contribution in [-0.2, 0) is 0 Å². The number of rotatable bonds is 3.